The number of hydrogen-bond acceptors (Lipinski definition) is 4. The van der Waals surface area contributed by atoms with Crippen LogP contribution in [0.4, 0.5) is 11.4 Å². The lowest BCUT2D eigenvalue weighted by Crippen LogP contribution is -2.44. The molecule has 4 nitrogen and oxygen atoms in total. The van der Waals surface area contributed by atoms with Gasteiger partial charge in [-0.3, -0.25) is 9.69 Å². The molecule has 0 aliphatic carbocycles. The van der Waals surface area contributed by atoms with Crippen molar-refractivity contribution in [3.8, 4) is 0 Å². The van der Waals surface area contributed by atoms with Crippen LogP contribution < -0.4 is 4.90 Å². The molecule has 0 unspecified atom stereocenters. The molecular formula is C28H33N3OS. The first-order valence-electron chi connectivity index (χ1n) is 11.7. The quantitative estimate of drug-likeness (QED) is 0.450. The highest BCUT2D eigenvalue weighted by atomic mass is 32.2. The Morgan fingerprint density at radius 1 is 1.09 bits per heavy atom. The van der Waals surface area contributed by atoms with Crippen molar-refractivity contribution in [2.24, 2.45) is 4.99 Å². The molecule has 2 aliphatic heterocycles. The van der Waals surface area contributed by atoms with E-state index < -0.39 is 0 Å². The number of nitrogens with zero attached hydrogens (tertiary/aromatic N) is 3. The molecular weight excluding hydrogens is 426 g/mol. The van der Waals surface area contributed by atoms with Crippen molar-refractivity contribution in [3.05, 3.63) is 70.1 Å². The Balaban J connectivity index is 1.74. The molecule has 0 aromatic heterocycles. The van der Waals surface area contributed by atoms with E-state index in [9.17, 15) is 4.79 Å². The smallest absolute Gasteiger partial charge is 0.266 e. The number of amides is 1. The first-order valence-corrected chi connectivity index (χ1v) is 12.5. The topological polar surface area (TPSA) is 35.9 Å². The average molecular weight is 460 g/mol. The molecule has 33 heavy (non-hydrogen) atoms. The molecule has 0 N–H and O–H groups in total. The Kier molecular flexibility index (Phi) is 6.53. The summed E-state index contributed by atoms with van der Waals surface area (Å²) in [6.07, 6.45) is 5.27. The van der Waals surface area contributed by atoms with E-state index in [1.54, 1.807) is 0 Å². The van der Waals surface area contributed by atoms with Gasteiger partial charge in [-0.15, -0.1) is 0 Å². The summed E-state index contributed by atoms with van der Waals surface area (Å²) in [5, 5.41) is 0.755. The first kappa shape index (κ1) is 23.4. The van der Waals surface area contributed by atoms with Gasteiger partial charge in [-0.1, -0.05) is 31.2 Å². The van der Waals surface area contributed by atoms with Crippen LogP contribution in [0.2, 0.25) is 0 Å². The summed E-state index contributed by atoms with van der Waals surface area (Å²) in [5.41, 5.74) is 6.91. The molecule has 2 heterocycles. The van der Waals surface area contributed by atoms with Crippen LogP contribution in [0.1, 0.15) is 57.7 Å². The van der Waals surface area contributed by atoms with Gasteiger partial charge in [-0.25, -0.2) is 4.99 Å². The molecule has 0 atom stereocenters. The van der Waals surface area contributed by atoms with Crippen LogP contribution in [0.5, 0.6) is 0 Å². The van der Waals surface area contributed by atoms with Gasteiger partial charge >= 0.3 is 0 Å². The van der Waals surface area contributed by atoms with Gasteiger partial charge in [-0.2, -0.15) is 0 Å². The van der Waals surface area contributed by atoms with Crippen molar-refractivity contribution in [2.45, 2.75) is 53.5 Å². The van der Waals surface area contributed by atoms with E-state index in [-0.39, 0.29) is 11.4 Å². The lowest BCUT2D eigenvalue weighted by Gasteiger charge is -2.43. The number of thioether (sulfide) groups is 1. The summed E-state index contributed by atoms with van der Waals surface area (Å²) in [5.74, 6) is 0.0391. The number of likely N-dealkylation sites (N-methyl/N-ethyl adjacent to an activating group) is 1. The molecule has 1 fully saturated rings. The number of allylic oxidation sites excluding steroid dienone is 1. The molecule has 2 aromatic carbocycles. The number of benzene rings is 2. The van der Waals surface area contributed by atoms with Crippen molar-refractivity contribution in [2.75, 3.05) is 18.0 Å². The van der Waals surface area contributed by atoms with Crippen molar-refractivity contribution in [3.63, 3.8) is 0 Å². The van der Waals surface area contributed by atoms with Gasteiger partial charge in [0.15, 0.2) is 5.17 Å². The van der Waals surface area contributed by atoms with Gasteiger partial charge in [0.2, 0.25) is 0 Å². The SMILES string of the molecule is CCCN1C(=O)/C(=C/c2cc3c(cc2C)N(CC)C(C)(C)C=C3C)SC1=Nc1ccccc1. The molecule has 0 spiro atoms. The van der Waals surface area contributed by atoms with Crippen molar-refractivity contribution >= 4 is 45.9 Å². The fourth-order valence-corrected chi connectivity index (χ4v) is 5.76. The predicted octanol–water partition coefficient (Wildman–Crippen LogP) is 7.03. The van der Waals surface area contributed by atoms with Crippen molar-refractivity contribution in [1.29, 1.82) is 0 Å². The molecule has 2 aliphatic rings. The standard InChI is InChI=1S/C28H33N3OS/c1-7-14-30-26(32)25(33-27(30)29-22-12-10-9-11-13-22)17-21-16-23-20(4)18-28(5,6)31(8-2)24(23)15-19(21)3/h9-13,15-18H,7-8,14H2,1-6H3/b25-17-,29-27?. The van der Waals surface area contributed by atoms with Gasteiger partial charge in [0.05, 0.1) is 16.1 Å². The van der Waals surface area contributed by atoms with E-state index in [0.717, 1.165) is 34.3 Å². The van der Waals surface area contributed by atoms with E-state index >= 15 is 0 Å². The van der Waals surface area contributed by atoms with Gasteiger partial charge in [0.1, 0.15) is 0 Å². The van der Waals surface area contributed by atoms with Gasteiger partial charge in [-0.05, 0) is 99.8 Å². The van der Waals surface area contributed by atoms with Crippen LogP contribution in [-0.2, 0) is 4.79 Å². The number of aryl methyl sites for hydroxylation is 1. The normalized spacial score (nSPS) is 19.9. The number of anilines is 1. The van der Waals surface area contributed by atoms with E-state index in [1.165, 1.54) is 34.1 Å². The molecule has 0 radical (unpaired) electrons. The summed E-state index contributed by atoms with van der Waals surface area (Å²) in [4.78, 5) is 23.0. The van der Waals surface area contributed by atoms with Crippen LogP contribution in [0, 0.1) is 6.92 Å². The lowest BCUT2D eigenvalue weighted by atomic mass is 9.87. The average Bonchev–Trinajstić information content (AvgIpc) is 3.04. The number of carbonyl (C=O) groups excluding carboxylic acids is 1. The molecule has 1 amide bonds. The third kappa shape index (κ3) is 4.51. The van der Waals surface area contributed by atoms with Gasteiger partial charge in [0.25, 0.3) is 5.91 Å². The Bertz CT molecular complexity index is 1160. The Labute approximate surface area is 202 Å². The molecule has 0 saturated carbocycles. The number of fused-ring (bicyclic) bond motifs is 1. The highest BCUT2D eigenvalue weighted by Gasteiger charge is 2.34. The predicted molar refractivity (Wildman–Crippen MR) is 143 cm³/mol. The number of para-hydroxylation sites is 1. The van der Waals surface area contributed by atoms with Crippen molar-refractivity contribution in [1.82, 2.24) is 4.90 Å². The van der Waals surface area contributed by atoms with Crippen molar-refractivity contribution < 1.29 is 4.79 Å². The van der Waals surface area contributed by atoms with E-state index in [2.05, 4.69) is 64.7 Å². The summed E-state index contributed by atoms with van der Waals surface area (Å²) in [7, 11) is 0. The number of aliphatic imine (C=N–C) groups is 1. The van der Waals surface area contributed by atoms with Crippen LogP contribution in [-0.4, -0.2) is 34.6 Å². The second-order valence-electron chi connectivity index (χ2n) is 9.25. The minimum absolute atomic E-state index is 0.0149. The Morgan fingerprint density at radius 2 is 1.82 bits per heavy atom. The van der Waals surface area contributed by atoms with Gasteiger partial charge < -0.3 is 4.90 Å². The molecule has 0 bridgehead atoms. The second kappa shape index (κ2) is 9.22. The highest BCUT2D eigenvalue weighted by Crippen LogP contribution is 2.41. The van der Waals surface area contributed by atoms with Crippen LogP contribution >= 0.6 is 11.8 Å². The fraction of sp³-hybridized carbons (Fsp3) is 0.357. The zero-order valence-electron chi connectivity index (χ0n) is 20.5. The number of amidine groups is 1. The summed E-state index contributed by atoms with van der Waals surface area (Å²) < 4.78 is 0. The van der Waals surface area contributed by atoms with E-state index in [4.69, 9.17) is 4.99 Å². The third-order valence-electron chi connectivity index (χ3n) is 6.28. The number of carbonyl (C=O) groups is 1. The monoisotopic (exact) mass is 459 g/mol. The van der Waals surface area contributed by atoms with E-state index in [1.807, 2.05) is 41.3 Å². The second-order valence-corrected chi connectivity index (χ2v) is 10.3. The maximum atomic E-state index is 13.3. The van der Waals surface area contributed by atoms with Crippen LogP contribution in [0.25, 0.3) is 11.6 Å². The molecule has 172 valence electrons. The van der Waals surface area contributed by atoms with E-state index in [0.29, 0.717) is 6.54 Å². The summed E-state index contributed by atoms with van der Waals surface area (Å²) in [6, 6.07) is 14.4. The maximum absolute atomic E-state index is 13.3. The molecule has 4 rings (SSSR count). The van der Waals surface area contributed by atoms with Crippen LogP contribution in [0.3, 0.4) is 0 Å². The number of rotatable bonds is 5. The molecule has 5 heteroatoms. The zero-order chi connectivity index (χ0) is 23.8. The zero-order valence-corrected chi connectivity index (χ0v) is 21.3. The number of hydrogen-bond donors (Lipinski definition) is 0. The summed E-state index contributed by atoms with van der Waals surface area (Å²) in [6.45, 7) is 14.7. The highest BCUT2D eigenvalue weighted by molar-refractivity contribution is 8.18. The lowest BCUT2D eigenvalue weighted by molar-refractivity contribution is -0.122. The maximum Gasteiger partial charge on any atom is 0.266 e. The Morgan fingerprint density at radius 3 is 2.48 bits per heavy atom. The van der Waals surface area contributed by atoms with Gasteiger partial charge in [0, 0.05) is 24.3 Å². The Hall–Kier alpha value is -2.79. The molecule has 2 aromatic rings. The first-order chi connectivity index (χ1) is 15.7. The van der Waals surface area contributed by atoms with Crippen LogP contribution in [0.15, 0.2) is 58.4 Å². The third-order valence-corrected chi connectivity index (χ3v) is 7.29. The summed E-state index contributed by atoms with van der Waals surface area (Å²) >= 11 is 1.47. The minimum Gasteiger partial charge on any atom is -0.363 e. The minimum atomic E-state index is -0.0149. The molecule has 1 saturated heterocycles. The fourth-order valence-electron chi connectivity index (χ4n) is 4.74. The largest absolute Gasteiger partial charge is 0.363 e.